The Hall–Kier alpha value is -2.34. The van der Waals surface area contributed by atoms with E-state index in [1.807, 2.05) is 32.0 Å². The summed E-state index contributed by atoms with van der Waals surface area (Å²) in [5.74, 6) is 0.302. The van der Waals surface area contributed by atoms with Gasteiger partial charge in [0, 0.05) is 10.2 Å². The van der Waals surface area contributed by atoms with Gasteiger partial charge in [-0.05, 0) is 49.2 Å². The molecule has 0 spiro atoms. The van der Waals surface area contributed by atoms with Gasteiger partial charge in [0.15, 0.2) is 24.4 Å². The summed E-state index contributed by atoms with van der Waals surface area (Å²) in [5.41, 5.74) is 3.25. The van der Waals surface area contributed by atoms with Crippen LogP contribution in [0.2, 0.25) is 0 Å². The number of benzene rings is 2. The predicted molar refractivity (Wildman–Crippen MR) is 96.1 cm³/mol. The van der Waals surface area contributed by atoms with Gasteiger partial charge in [0.25, 0.3) is 5.91 Å². The minimum Gasteiger partial charge on any atom is -0.493 e. The van der Waals surface area contributed by atoms with Crippen LogP contribution in [-0.4, -0.2) is 25.9 Å². The SMILES string of the molecule is COc1cc(Br)cc(C=O)c1OCC(=O)Nc1ccc(C)c(C)c1. The van der Waals surface area contributed by atoms with Crippen molar-refractivity contribution in [2.75, 3.05) is 19.0 Å². The van der Waals surface area contributed by atoms with E-state index in [2.05, 4.69) is 21.2 Å². The van der Waals surface area contributed by atoms with Crippen LogP contribution in [0.15, 0.2) is 34.8 Å². The number of aryl methyl sites for hydroxylation is 2. The quantitative estimate of drug-likeness (QED) is 0.758. The van der Waals surface area contributed by atoms with E-state index in [1.54, 1.807) is 12.1 Å². The van der Waals surface area contributed by atoms with Crippen LogP contribution >= 0.6 is 15.9 Å². The molecule has 0 fully saturated rings. The summed E-state index contributed by atoms with van der Waals surface area (Å²) in [6.07, 6.45) is 0.657. The van der Waals surface area contributed by atoms with E-state index in [0.717, 1.165) is 11.1 Å². The monoisotopic (exact) mass is 391 g/mol. The van der Waals surface area contributed by atoms with Crippen LogP contribution < -0.4 is 14.8 Å². The Morgan fingerprint density at radius 3 is 2.58 bits per heavy atom. The lowest BCUT2D eigenvalue weighted by atomic mass is 10.1. The molecular formula is C18H18BrNO4. The summed E-state index contributed by atoms with van der Waals surface area (Å²) in [4.78, 5) is 23.3. The molecule has 0 aliphatic rings. The van der Waals surface area contributed by atoms with Crippen LogP contribution in [0, 0.1) is 13.8 Å². The normalized spacial score (nSPS) is 10.2. The molecule has 0 aromatic heterocycles. The van der Waals surface area contributed by atoms with Gasteiger partial charge in [0.2, 0.25) is 0 Å². The first kappa shape index (κ1) is 18.0. The Morgan fingerprint density at radius 2 is 1.96 bits per heavy atom. The van der Waals surface area contributed by atoms with Crippen molar-refractivity contribution in [2.24, 2.45) is 0 Å². The van der Waals surface area contributed by atoms with Crippen molar-refractivity contribution < 1.29 is 19.1 Å². The van der Waals surface area contributed by atoms with Crippen molar-refractivity contribution in [2.45, 2.75) is 13.8 Å². The molecule has 0 aliphatic carbocycles. The Labute approximate surface area is 149 Å². The number of hydrogen-bond donors (Lipinski definition) is 1. The number of anilines is 1. The zero-order valence-corrected chi connectivity index (χ0v) is 15.3. The van der Waals surface area contributed by atoms with Gasteiger partial charge in [-0.3, -0.25) is 9.59 Å². The Balaban J connectivity index is 2.08. The Kier molecular flexibility index (Phi) is 5.98. The van der Waals surface area contributed by atoms with Crippen molar-refractivity contribution in [3.05, 3.63) is 51.5 Å². The number of halogens is 1. The largest absolute Gasteiger partial charge is 0.493 e. The number of aldehydes is 1. The molecule has 6 heteroatoms. The fourth-order valence-electron chi connectivity index (χ4n) is 2.14. The first-order valence-corrected chi connectivity index (χ1v) is 8.06. The molecule has 0 heterocycles. The smallest absolute Gasteiger partial charge is 0.262 e. The maximum Gasteiger partial charge on any atom is 0.262 e. The molecule has 0 radical (unpaired) electrons. The number of hydrogen-bond acceptors (Lipinski definition) is 4. The standard InChI is InChI=1S/C18H18BrNO4/c1-11-4-5-15(6-12(11)2)20-17(22)10-24-18-13(9-21)7-14(19)8-16(18)23-3/h4-9H,10H2,1-3H3,(H,20,22). The van der Waals surface area contributed by atoms with E-state index in [9.17, 15) is 9.59 Å². The predicted octanol–water partition coefficient (Wildman–Crippen LogP) is 3.90. The number of carbonyl (C=O) groups excluding carboxylic acids is 2. The topological polar surface area (TPSA) is 64.6 Å². The average molecular weight is 392 g/mol. The summed E-state index contributed by atoms with van der Waals surface area (Å²) in [6.45, 7) is 3.75. The van der Waals surface area contributed by atoms with E-state index in [-0.39, 0.29) is 18.3 Å². The third-order valence-corrected chi connectivity index (χ3v) is 3.99. The highest BCUT2D eigenvalue weighted by Crippen LogP contribution is 2.34. The summed E-state index contributed by atoms with van der Waals surface area (Å²) < 4.78 is 11.4. The molecule has 0 aliphatic heterocycles. The lowest BCUT2D eigenvalue weighted by molar-refractivity contribution is -0.118. The molecule has 2 aromatic rings. The van der Waals surface area contributed by atoms with E-state index in [0.29, 0.717) is 27.8 Å². The minimum absolute atomic E-state index is 0.230. The summed E-state index contributed by atoms with van der Waals surface area (Å²) in [6, 6.07) is 8.94. The van der Waals surface area contributed by atoms with Crippen molar-refractivity contribution >= 4 is 33.8 Å². The molecular weight excluding hydrogens is 374 g/mol. The second-order valence-corrected chi connectivity index (χ2v) is 6.20. The number of methoxy groups -OCH3 is 1. The molecule has 2 rings (SSSR count). The van der Waals surface area contributed by atoms with Gasteiger partial charge in [-0.15, -0.1) is 0 Å². The number of rotatable bonds is 6. The third kappa shape index (κ3) is 4.35. The molecule has 0 bridgehead atoms. The second kappa shape index (κ2) is 7.97. The molecule has 2 aromatic carbocycles. The lowest BCUT2D eigenvalue weighted by Gasteiger charge is -2.13. The molecule has 1 N–H and O–H groups in total. The number of nitrogens with one attached hydrogen (secondary N) is 1. The van der Waals surface area contributed by atoms with Gasteiger partial charge < -0.3 is 14.8 Å². The minimum atomic E-state index is -0.319. The Bertz CT molecular complexity index is 774. The number of ether oxygens (including phenoxy) is 2. The molecule has 0 saturated carbocycles. The lowest BCUT2D eigenvalue weighted by Crippen LogP contribution is -2.20. The first-order chi connectivity index (χ1) is 11.4. The second-order valence-electron chi connectivity index (χ2n) is 5.28. The fourth-order valence-corrected chi connectivity index (χ4v) is 2.59. The zero-order chi connectivity index (χ0) is 17.7. The van der Waals surface area contributed by atoms with Crippen molar-refractivity contribution in [1.82, 2.24) is 0 Å². The van der Waals surface area contributed by atoms with E-state index < -0.39 is 0 Å². The number of amides is 1. The van der Waals surface area contributed by atoms with Crippen LogP contribution in [0.5, 0.6) is 11.5 Å². The maximum absolute atomic E-state index is 12.1. The Morgan fingerprint density at radius 1 is 1.21 bits per heavy atom. The molecule has 0 saturated heterocycles. The van der Waals surface area contributed by atoms with Crippen LogP contribution in [0.25, 0.3) is 0 Å². The summed E-state index contributed by atoms with van der Waals surface area (Å²) in [7, 11) is 1.47. The highest BCUT2D eigenvalue weighted by Gasteiger charge is 2.14. The highest BCUT2D eigenvalue weighted by atomic mass is 79.9. The fraction of sp³-hybridized carbons (Fsp3) is 0.222. The van der Waals surface area contributed by atoms with E-state index in [1.165, 1.54) is 7.11 Å². The molecule has 24 heavy (non-hydrogen) atoms. The van der Waals surface area contributed by atoms with Crippen molar-refractivity contribution in [3.63, 3.8) is 0 Å². The first-order valence-electron chi connectivity index (χ1n) is 7.27. The van der Waals surface area contributed by atoms with Crippen molar-refractivity contribution in [3.8, 4) is 11.5 Å². The van der Waals surface area contributed by atoms with Gasteiger partial charge in [0.05, 0.1) is 12.7 Å². The molecule has 5 nitrogen and oxygen atoms in total. The van der Waals surface area contributed by atoms with Gasteiger partial charge in [-0.2, -0.15) is 0 Å². The maximum atomic E-state index is 12.1. The third-order valence-electron chi connectivity index (χ3n) is 3.53. The van der Waals surface area contributed by atoms with Crippen LogP contribution in [0.3, 0.4) is 0 Å². The van der Waals surface area contributed by atoms with Crippen LogP contribution in [0.1, 0.15) is 21.5 Å². The van der Waals surface area contributed by atoms with Gasteiger partial charge >= 0.3 is 0 Å². The van der Waals surface area contributed by atoms with Gasteiger partial charge in [-0.1, -0.05) is 22.0 Å². The molecule has 0 atom stereocenters. The molecule has 1 amide bonds. The van der Waals surface area contributed by atoms with Crippen molar-refractivity contribution in [1.29, 1.82) is 0 Å². The van der Waals surface area contributed by atoms with E-state index in [4.69, 9.17) is 9.47 Å². The highest BCUT2D eigenvalue weighted by molar-refractivity contribution is 9.10. The van der Waals surface area contributed by atoms with Crippen LogP contribution in [-0.2, 0) is 4.79 Å². The summed E-state index contributed by atoms with van der Waals surface area (Å²) >= 11 is 3.29. The van der Waals surface area contributed by atoms with Gasteiger partial charge in [0.1, 0.15) is 0 Å². The van der Waals surface area contributed by atoms with Crippen LogP contribution in [0.4, 0.5) is 5.69 Å². The summed E-state index contributed by atoms with van der Waals surface area (Å²) in [5, 5.41) is 2.76. The average Bonchev–Trinajstić information content (AvgIpc) is 2.56. The van der Waals surface area contributed by atoms with Gasteiger partial charge in [-0.25, -0.2) is 0 Å². The molecule has 0 unspecified atom stereocenters. The molecule has 126 valence electrons. The van der Waals surface area contributed by atoms with E-state index >= 15 is 0 Å². The zero-order valence-electron chi connectivity index (χ0n) is 13.7. The number of carbonyl (C=O) groups is 2.